The van der Waals surface area contributed by atoms with Gasteiger partial charge in [-0.25, -0.2) is 4.98 Å². The fourth-order valence-corrected chi connectivity index (χ4v) is 2.91. The number of nitrogens with two attached hydrogens (primary N) is 1. The largest absolute Gasteiger partial charge is 0.322 e. The van der Waals surface area contributed by atoms with E-state index in [1.54, 1.807) is 23.5 Å². The predicted molar refractivity (Wildman–Crippen MR) is 73.9 cm³/mol. The molecule has 6 heteroatoms. The fraction of sp³-hybridized carbons (Fsp3) is 0.308. The molecule has 3 rings (SSSR count). The average Bonchev–Trinajstić information content (AvgIpc) is 3.15. The predicted octanol–water partition coefficient (Wildman–Crippen LogP) is 3.13. The van der Waals surface area contributed by atoms with Gasteiger partial charge < -0.3 is 5.73 Å². The summed E-state index contributed by atoms with van der Waals surface area (Å²) in [5.74, 6) is 0.580. The van der Waals surface area contributed by atoms with Gasteiger partial charge in [-0.05, 0) is 30.9 Å². The number of non-ortho nitro benzene ring substituents is 1. The Balaban J connectivity index is 1.83. The van der Waals surface area contributed by atoms with Gasteiger partial charge in [-0.15, -0.1) is 11.3 Å². The van der Waals surface area contributed by atoms with Crippen molar-refractivity contribution in [3.8, 4) is 11.3 Å². The number of nitrogens with zero attached hydrogens (tertiary/aromatic N) is 2. The third-order valence-electron chi connectivity index (χ3n) is 3.31. The van der Waals surface area contributed by atoms with E-state index in [4.69, 9.17) is 5.73 Å². The first-order valence-corrected chi connectivity index (χ1v) is 6.99. The molecule has 0 aliphatic heterocycles. The lowest BCUT2D eigenvalue weighted by Gasteiger charge is -2.04. The van der Waals surface area contributed by atoms with Crippen molar-refractivity contribution in [1.82, 2.24) is 4.98 Å². The van der Waals surface area contributed by atoms with E-state index >= 15 is 0 Å². The summed E-state index contributed by atoms with van der Waals surface area (Å²) in [5, 5.41) is 13.5. The van der Waals surface area contributed by atoms with Gasteiger partial charge in [-0.1, -0.05) is 0 Å². The maximum atomic E-state index is 10.6. The minimum Gasteiger partial charge on any atom is -0.322 e. The number of rotatable bonds is 4. The van der Waals surface area contributed by atoms with E-state index < -0.39 is 4.92 Å². The zero-order chi connectivity index (χ0) is 13.4. The lowest BCUT2D eigenvalue weighted by molar-refractivity contribution is -0.384. The van der Waals surface area contributed by atoms with Gasteiger partial charge in [0.1, 0.15) is 5.01 Å². The monoisotopic (exact) mass is 275 g/mol. The second-order valence-corrected chi connectivity index (χ2v) is 5.63. The number of hydrogen-bond acceptors (Lipinski definition) is 5. The van der Waals surface area contributed by atoms with E-state index in [0.717, 1.165) is 16.3 Å². The number of nitro groups is 1. The number of hydrogen-bond donors (Lipinski definition) is 1. The summed E-state index contributed by atoms with van der Waals surface area (Å²) in [6.07, 6.45) is 2.38. The summed E-state index contributed by atoms with van der Waals surface area (Å²) in [6.45, 7) is 0. The topological polar surface area (TPSA) is 82.0 Å². The number of thiazole rings is 1. The molecule has 1 unspecified atom stereocenters. The number of nitro benzene ring substituents is 1. The Morgan fingerprint density at radius 2 is 2.05 bits per heavy atom. The van der Waals surface area contributed by atoms with E-state index in [0.29, 0.717) is 5.92 Å². The highest BCUT2D eigenvalue weighted by molar-refractivity contribution is 7.10. The molecular formula is C13H13N3O2S. The normalized spacial score (nSPS) is 16.3. The van der Waals surface area contributed by atoms with Crippen LogP contribution in [0.4, 0.5) is 5.69 Å². The van der Waals surface area contributed by atoms with Gasteiger partial charge in [0.15, 0.2) is 0 Å². The Hall–Kier alpha value is -1.79. The molecule has 0 radical (unpaired) electrons. The van der Waals surface area contributed by atoms with Crippen LogP contribution in [0.5, 0.6) is 0 Å². The molecule has 0 amide bonds. The molecule has 1 fully saturated rings. The summed E-state index contributed by atoms with van der Waals surface area (Å²) >= 11 is 1.56. The minimum absolute atomic E-state index is 0.0387. The first kappa shape index (κ1) is 12.3. The molecular weight excluding hydrogens is 262 g/mol. The molecule has 2 N–H and O–H groups in total. The van der Waals surface area contributed by atoms with Gasteiger partial charge in [0.2, 0.25) is 0 Å². The second-order valence-electron chi connectivity index (χ2n) is 4.74. The van der Waals surface area contributed by atoms with Crippen LogP contribution in [0.2, 0.25) is 0 Å². The second kappa shape index (κ2) is 4.71. The Bertz CT molecular complexity index is 605. The van der Waals surface area contributed by atoms with Crippen LogP contribution < -0.4 is 5.73 Å². The van der Waals surface area contributed by atoms with Crippen LogP contribution in [0.15, 0.2) is 29.6 Å². The van der Waals surface area contributed by atoms with E-state index in [9.17, 15) is 10.1 Å². The fourth-order valence-electron chi connectivity index (χ4n) is 1.98. The first-order chi connectivity index (χ1) is 9.15. The van der Waals surface area contributed by atoms with Crippen LogP contribution in [0.25, 0.3) is 11.3 Å². The molecule has 1 heterocycles. The molecule has 98 valence electrons. The van der Waals surface area contributed by atoms with Crippen LogP contribution in [0.3, 0.4) is 0 Å². The van der Waals surface area contributed by atoms with Gasteiger partial charge in [-0.3, -0.25) is 10.1 Å². The molecule has 0 spiro atoms. The summed E-state index contributed by atoms with van der Waals surface area (Å²) < 4.78 is 0. The van der Waals surface area contributed by atoms with Crippen molar-refractivity contribution in [3.05, 3.63) is 44.8 Å². The van der Waals surface area contributed by atoms with E-state index in [2.05, 4.69) is 4.98 Å². The molecule has 1 aliphatic carbocycles. The molecule has 1 saturated carbocycles. The van der Waals surface area contributed by atoms with Crippen LogP contribution in [-0.2, 0) is 0 Å². The summed E-state index contributed by atoms with van der Waals surface area (Å²) in [4.78, 5) is 14.7. The van der Waals surface area contributed by atoms with Gasteiger partial charge in [0.25, 0.3) is 5.69 Å². The van der Waals surface area contributed by atoms with E-state index in [-0.39, 0.29) is 11.7 Å². The quantitative estimate of drug-likeness (QED) is 0.686. The minimum atomic E-state index is -0.404. The van der Waals surface area contributed by atoms with Crippen molar-refractivity contribution in [1.29, 1.82) is 0 Å². The standard InChI is InChI=1S/C13H13N3O2S/c14-12(9-1-2-9)13-15-11(7-19-13)8-3-5-10(6-4-8)16(17)18/h3-7,9,12H,1-2,14H2. The first-order valence-electron chi connectivity index (χ1n) is 6.11. The van der Waals surface area contributed by atoms with Crippen molar-refractivity contribution >= 4 is 17.0 Å². The average molecular weight is 275 g/mol. The van der Waals surface area contributed by atoms with E-state index in [1.807, 2.05) is 5.38 Å². The molecule has 1 aromatic heterocycles. The maximum absolute atomic E-state index is 10.6. The van der Waals surface area contributed by atoms with Crippen LogP contribution in [-0.4, -0.2) is 9.91 Å². The Kier molecular flexibility index (Phi) is 3.04. The highest BCUT2D eigenvalue weighted by Gasteiger charge is 2.31. The van der Waals surface area contributed by atoms with E-state index in [1.165, 1.54) is 25.0 Å². The number of aromatic nitrogens is 1. The van der Waals surface area contributed by atoms with Gasteiger partial charge in [0.05, 0.1) is 16.7 Å². The Labute approximate surface area is 114 Å². The van der Waals surface area contributed by atoms with Gasteiger partial charge >= 0.3 is 0 Å². The highest BCUT2D eigenvalue weighted by Crippen LogP contribution is 2.40. The van der Waals surface area contributed by atoms with Crippen molar-refractivity contribution < 1.29 is 4.92 Å². The molecule has 5 nitrogen and oxygen atoms in total. The Morgan fingerprint density at radius 1 is 1.37 bits per heavy atom. The lowest BCUT2D eigenvalue weighted by atomic mass is 10.1. The molecule has 1 aromatic carbocycles. The van der Waals surface area contributed by atoms with Crippen molar-refractivity contribution in [2.24, 2.45) is 11.7 Å². The zero-order valence-electron chi connectivity index (χ0n) is 10.2. The molecule has 0 saturated heterocycles. The summed E-state index contributed by atoms with van der Waals surface area (Å²) in [7, 11) is 0. The SMILES string of the molecule is NC(c1nc(-c2ccc([N+](=O)[O-])cc2)cs1)C1CC1. The third kappa shape index (κ3) is 2.50. The molecule has 2 aromatic rings. The van der Waals surface area contributed by atoms with Crippen molar-refractivity contribution in [2.75, 3.05) is 0 Å². The summed E-state index contributed by atoms with van der Waals surface area (Å²) in [5.41, 5.74) is 7.93. The lowest BCUT2D eigenvalue weighted by Crippen LogP contribution is -2.11. The van der Waals surface area contributed by atoms with Crippen LogP contribution >= 0.6 is 11.3 Å². The zero-order valence-corrected chi connectivity index (χ0v) is 11.0. The maximum Gasteiger partial charge on any atom is 0.269 e. The Morgan fingerprint density at radius 3 is 2.63 bits per heavy atom. The number of benzene rings is 1. The molecule has 0 bridgehead atoms. The van der Waals surface area contributed by atoms with Crippen molar-refractivity contribution in [3.63, 3.8) is 0 Å². The highest BCUT2D eigenvalue weighted by atomic mass is 32.1. The molecule has 1 aliphatic rings. The molecule has 1 atom stereocenters. The third-order valence-corrected chi connectivity index (χ3v) is 4.26. The van der Waals surface area contributed by atoms with Crippen LogP contribution in [0.1, 0.15) is 23.9 Å². The summed E-state index contributed by atoms with van der Waals surface area (Å²) in [6, 6.07) is 6.47. The smallest absolute Gasteiger partial charge is 0.269 e. The van der Waals surface area contributed by atoms with Gasteiger partial charge in [0, 0.05) is 23.1 Å². The molecule has 19 heavy (non-hydrogen) atoms. The van der Waals surface area contributed by atoms with Gasteiger partial charge in [-0.2, -0.15) is 0 Å². The van der Waals surface area contributed by atoms with Crippen LogP contribution in [0, 0.1) is 16.0 Å². The van der Waals surface area contributed by atoms with Crippen molar-refractivity contribution in [2.45, 2.75) is 18.9 Å².